The van der Waals surface area contributed by atoms with E-state index in [1.54, 1.807) is 0 Å². The number of anilines is 2. The molecule has 3 heterocycles. The van der Waals surface area contributed by atoms with Crippen LogP contribution in [0.4, 0.5) is 11.5 Å². The van der Waals surface area contributed by atoms with E-state index in [0.29, 0.717) is 37.8 Å². The highest BCUT2D eigenvalue weighted by molar-refractivity contribution is 7.85. The number of rotatable bonds is 11. The molecule has 8 heteroatoms. The summed E-state index contributed by atoms with van der Waals surface area (Å²) in [7, 11) is -1.16. The Kier molecular flexibility index (Phi) is 9.54. The molecule has 0 saturated carbocycles. The van der Waals surface area contributed by atoms with Gasteiger partial charge in [-0.25, -0.2) is 4.98 Å². The van der Waals surface area contributed by atoms with Crippen LogP contribution >= 0.6 is 0 Å². The Balaban J connectivity index is 1.08. The minimum absolute atomic E-state index is 0.191. The first kappa shape index (κ1) is 33.1. The van der Waals surface area contributed by atoms with E-state index in [9.17, 15) is 4.21 Å². The average Bonchev–Trinajstić information content (AvgIpc) is 3.30. The quantitative estimate of drug-likeness (QED) is 0.146. The highest BCUT2D eigenvalue weighted by Gasteiger charge is 2.44. The summed E-state index contributed by atoms with van der Waals surface area (Å²) in [6.07, 6.45) is 0. The van der Waals surface area contributed by atoms with Gasteiger partial charge in [0.1, 0.15) is 17.3 Å². The summed E-state index contributed by atoms with van der Waals surface area (Å²) in [5.41, 5.74) is 6.56. The van der Waals surface area contributed by atoms with E-state index in [-0.39, 0.29) is 5.54 Å². The molecular formula is C43H42N4O3S. The van der Waals surface area contributed by atoms with Crippen LogP contribution < -0.4 is 15.0 Å². The van der Waals surface area contributed by atoms with Gasteiger partial charge in [0.25, 0.3) is 0 Å². The molecule has 5 aromatic carbocycles. The molecule has 1 aromatic heterocycles. The van der Waals surface area contributed by atoms with Gasteiger partial charge in [0.2, 0.25) is 0 Å². The van der Waals surface area contributed by atoms with Crippen molar-refractivity contribution < 1.29 is 13.7 Å². The van der Waals surface area contributed by atoms with E-state index < -0.39 is 10.8 Å². The lowest BCUT2D eigenvalue weighted by Crippen LogP contribution is -2.65. The Morgan fingerprint density at radius 3 is 2.18 bits per heavy atom. The van der Waals surface area contributed by atoms with Crippen LogP contribution in [0.25, 0.3) is 10.9 Å². The van der Waals surface area contributed by atoms with Crippen LogP contribution in [0.2, 0.25) is 0 Å². The van der Waals surface area contributed by atoms with E-state index in [4.69, 9.17) is 14.5 Å². The minimum atomic E-state index is -1.16. The molecule has 7 nitrogen and oxygen atoms in total. The van der Waals surface area contributed by atoms with Gasteiger partial charge >= 0.3 is 0 Å². The Labute approximate surface area is 302 Å². The fourth-order valence-corrected chi connectivity index (χ4v) is 8.25. The van der Waals surface area contributed by atoms with Gasteiger partial charge in [0, 0.05) is 60.5 Å². The van der Waals surface area contributed by atoms with Crippen LogP contribution in [0.3, 0.4) is 0 Å². The largest absolute Gasteiger partial charge is 0.457 e. The number of aryl methyl sites for hydroxylation is 1. The zero-order valence-corrected chi connectivity index (χ0v) is 29.6. The highest BCUT2D eigenvalue weighted by Crippen LogP contribution is 2.35. The molecule has 1 unspecified atom stereocenters. The zero-order chi connectivity index (χ0) is 34.6. The van der Waals surface area contributed by atoms with Gasteiger partial charge in [-0.2, -0.15) is 0 Å². The second kappa shape index (κ2) is 14.7. The van der Waals surface area contributed by atoms with Crippen molar-refractivity contribution in [3.05, 3.63) is 156 Å². The molecule has 8 rings (SSSR count). The number of para-hydroxylation sites is 1. The second-order valence-corrected chi connectivity index (χ2v) is 15.1. The molecule has 0 aliphatic carbocycles. The summed E-state index contributed by atoms with van der Waals surface area (Å²) in [5, 5.41) is 4.99. The van der Waals surface area contributed by atoms with Crippen LogP contribution in [0.15, 0.2) is 138 Å². The molecule has 0 spiro atoms. The Bertz CT molecular complexity index is 2100. The van der Waals surface area contributed by atoms with Gasteiger partial charge in [-0.05, 0) is 60.0 Å². The van der Waals surface area contributed by atoms with Crippen molar-refractivity contribution in [1.82, 2.24) is 9.88 Å². The molecule has 2 aliphatic rings. The Morgan fingerprint density at radius 2 is 1.51 bits per heavy atom. The molecule has 51 heavy (non-hydrogen) atoms. The van der Waals surface area contributed by atoms with Gasteiger partial charge < -0.3 is 19.7 Å². The molecule has 1 fully saturated rings. The molecule has 6 aromatic rings. The van der Waals surface area contributed by atoms with Crippen LogP contribution in [-0.4, -0.2) is 51.7 Å². The lowest BCUT2D eigenvalue weighted by molar-refractivity contribution is -0.140. The predicted molar refractivity (Wildman–Crippen MR) is 206 cm³/mol. The van der Waals surface area contributed by atoms with E-state index in [2.05, 4.69) is 107 Å². The fourth-order valence-electron chi connectivity index (χ4n) is 6.98. The molecule has 258 valence electrons. The number of benzene rings is 5. The predicted octanol–water partition coefficient (Wildman–Crippen LogP) is 8.35. The number of hydrogen-bond donors (Lipinski definition) is 1. The van der Waals surface area contributed by atoms with Crippen LogP contribution in [0.5, 0.6) is 11.5 Å². The van der Waals surface area contributed by atoms with E-state index in [1.165, 1.54) is 16.7 Å². The molecule has 2 aliphatic heterocycles. The summed E-state index contributed by atoms with van der Waals surface area (Å²) in [6.45, 7) is 7.02. The van der Waals surface area contributed by atoms with Crippen molar-refractivity contribution in [3.8, 4) is 11.5 Å². The SMILES string of the molecule is Cc1ccc2nc(N3CCS(=O)c4cc(Oc5ccccc5)ccc4C3)cc(NCC3(N(Cc4ccccc4)Cc4ccccc4)COC3)c2c1. The van der Waals surface area contributed by atoms with Crippen molar-refractivity contribution in [2.24, 2.45) is 0 Å². The number of nitrogens with zero attached hydrogens (tertiary/aromatic N) is 3. The lowest BCUT2D eigenvalue weighted by atomic mass is 9.92. The molecule has 1 N–H and O–H groups in total. The summed E-state index contributed by atoms with van der Waals surface area (Å²) < 4.78 is 25.6. The molecule has 0 bridgehead atoms. The molecule has 0 radical (unpaired) electrons. The van der Waals surface area contributed by atoms with Gasteiger partial charge in [-0.15, -0.1) is 0 Å². The van der Waals surface area contributed by atoms with Crippen molar-refractivity contribution >= 4 is 33.2 Å². The van der Waals surface area contributed by atoms with E-state index in [0.717, 1.165) is 58.3 Å². The van der Waals surface area contributed by atoms with E-state index >= 15 is 0 Å². The first-order valence-electron chi connectivity index (χ1n) is 17.6. The van der Waals surface area contributed by atoms with Gasteiger partial charge in [0.05, 0.1) is 35.1 Å². The monoisotopic (exact) mass is 694 g/mol. The number of ether oxygens (including phenoxy) is 2. The third-order valence-corrected chi connectivity index (χ3v) is 11.3. The minimum Gasteiger partial charge on any atom is -0.457 e. The lowest BCUT2D eigenvalue weighted by Gasteiger charge is -2.50. The van der Waals surface area contributed by atoms with Gasteiger partial charge in [0.15, 0.2) is 0 Å². The third-order valence-electron chi connectivity index (χ3n) is 9.90. The summed E-state index contributed by atoms with van der Waals surface area (Å²) >= 11 is 0. The standard InChI is InChI=1S/C43H42N4O3S/c1-32-17-20-39-38(23-32)40(44-29-43(30-49-31-43)47(26-33-11-5-2-6-12-33)27-34-13-7-3-8-14-34)25-42(45-39)46-21-22-51(48)41-24-37(19-18-35(41)28-46)50-36-15-9-4-10-16-36/h2-20,23-25H,21-22,26-31H2,1H3,(H,44,45). The van der Waals surface area contributed by atoms with Crippen LogP contribution in [0.1, 0.15) is 22.3 Å². The zero-order valence-electron chi connectivity index (χ0n) is 28.8. The maximum Gasteiger partial charge on any atom is 0.131 e. The maximum atomic E-state index is 13.6. The molecular weight excluding hydrogens is 653 g/mol. The summed E-state index contributed by atoms with van der Waals surface area (Å²) in [6, 6.07) is 45.6. The highest BCUT2D eigenvalue weighted by atomic mass is 32.2. The van der Waals surface area contributed by atoms with Crippen LogP contribution in [0, 0.1) is 6.92 Å². The second-order valence-electron chi connectivity index (χ2n) is 13.6. The summed E-state index contributed by atoms with van der Waals surface area (Å²) in [4.78, 5) is 10.8. The number of fused-ring (bicyclic) bond motifs is 2. The topological polar surface area (TPSA) is 66.9 Å². The number of aromatic nitrogens is 1. The first-order chi connectivity index (χ1) is 25.0. The van der Waals surface area contributed by atoms with Crippen molar-refractivity contribution in [2.45, 2.75) is 37.0 Å². The van der Waals surface area contributed by atoms with Crippen LogP contribution in [-0.2, 0) is 35.2 Å². The molecule has 0 amide bonds. The van der Waals surface area contributed by atoms with E-state index in [1.807, 2.05) is 48.5 Å². The van der Waals surface area contributed by atoms with Gasteiger partial charge in [-0.1, -0.05) is 96.6 Å². The number of pyridine rings is 1. The Morgan fingerprint density at radius 1 is 0.824 bits per heavy atom. The normalized spacial score (nSPS) is 16.7. The smallest absolute Gasteiger partial charge is 0.131 e. The van der Waals surface area contributed by atoms with Gasteiger partial charge in [-0.3, -0.25) is 9.11 Å². The van der Waals surface area contributed by atoms with Crippen molar-refractivity contribution in [1.29, 1.82) is 0 Å². The first-order valence-corrected chi connectivity index (χ1v) is 18.9. The fraction of sp³-hybridized carbons (Fsp3) is 0.233. The summed E-state index contributed by atoms with van der Waals surface area (Å²) in [5.74, 6) is 2.82. The molecule has 1 saturated heterocycles. The van der Waals surface area contributed by atoms with Crippen molar-refractivity contribution in [3.63, 3.8) is 0 Å². The molecule has 1 atom stereocenters. The Hall–Kier alpha value is -5.02. The maximum absolute atomic E-state index is 13.6. The third kappa shape index (κ3) is 7.40. The van der Waals surface area contributed by atoms with Crippen molar-refractivity contribution in [2.75, 3.05) is 42.3 Å². The number of hydrogen-bond acceptors (Lipinski definition) is 7. The number of nitrogens with one attached hydrogen (secondary N) is 1. The average molecular weight is 695 g/mol.